The third-order valence-electron chi connectivity index (χ3n) is 4.39. The number of thioether (sulfide) groups is 1. The van der Waals surface area contributed by atoms with E-state index in [1.807, 2.05) is 31.2 Å². The van der Waals surface area contributed by atoms with Gasteiger partial charge in [-0.25, -0.2) is 9.79 Å². The van der Waals surface area contributed by atoms with Crippen LogP contribution in [-0.4, -0.2) is 16.9 Å². The number of halogens is 1. The molecule has 0 bridgehead atoms. The SMILES string of the molecule is Cc1ccc(C2=NC(=O)C(=Cc3ccc(OC(=O)c4ccc(Br)cc4)cc3)S2)cc1. The zero-order chi connectivity index (χ0) is 21.1. The number of esters is 1. The lowest BCUT2D eigenvalue weighted by atomic mass is 10.2. The predicted octanol–water partition coefficient (Wildman–Crippen LogP) is 6.04. The van der Waals surface area contributed by atoms with E-state index >= 15 is 0 Å². The zero-order valence-corrected chi connectivity index (χ0v) is 18.4. The molecule has 0 fully saturated rings. The summed E-state index contributed by atoms with van der Waals surface area (Å²) in [6, 6.07) is 21.9. The first-order valence-electron chi connectivity index (χ1n) is 9.15. The second kappa shape index (κ2) is 8.81. The molecular formula is C24H16BrNO3S. The van der Waals surface area contributed by atoms with Crippen molar-refractivity contribution >= 4 is 50.7 Å². The molecule has 1 aliphatic heterocycles. The molecule has 30 heavy (non-hydrogen) atoms. The van der Waals surface area contributed by atoms with Crippen LogP contribution in [0.1, 0.15) is 27.0 Å². The van der Waals surface area contributed by atoms with Crippen molar-refractivity contribution in [1.29, 1.82) is 0 Å². The van der Waals surface area contributed by atoms with Crippen LogP contribution in [0, 0.1) is 6.92 Å². The van der Waals surface area contributed by atoms with Crippen LogP contribution < -0.4 is 4.74 Å². The highest BCUT2D eigenvalue weighted by molar-refractivity contribution is 9.10. The number of nitrogens with zero attached hydrogens (tertiary/aromatic N) is 1. The predicted molar refractivity (Wildman–Crippen MR) is 124 cm³/mol. The van der Waals surface area contributed by atoms with Gasteiger partial charge < -0.3 is 4.74 Å². The van der Waals surface area contributed by atoms with Gasteiger partial charge in [0.2, 0.25) is 0 Å². The average molecular weight is 478 g/mol. The Morgan fingerprint density at radius 2 is 1.63 bits per heavy atom. The van der Waals surface area contributed by atoms with Gasteiger partial charge in [-0.1, -0.05) is 69.7 Å². The van der Waals surface area contributed by atoms with Gasteiger partial charge in [0.15, 0.2) is 0 Å². The monoisotopic (exact) mass is 477 g/mol. The van der Waals surface area contributed by atoms with Gasteiger partial charge in [-0.15, -0.1) is 0 Å². The molecule has 0 unspecified atom stereocenters. The lowest BCUT2D eigenvalue weighted by molar-refractivity contribution is -0.113. The summed E-state index contributed by atoms with van der Waals surface area (Å²) in [5, 5.41) is 0.700. The normalized spacial score (nSPS) is 14.7. The van der Waals surface area contributed by atoms with Gasteiger partial charge in [-0.05, 0) is 55.0 Å². The molecule has 0 aliphatic carbocycles. The van der Waals surface area contributed by atoms with Gasteiger partial charge in [-0.3, -0.25) is 4.79 Å². The first-order chi connectivity index (χ1) is 14.5. The molecule has 0 spiro atoms. The number of benzene rings is 3. The van der Waals surface area contributed by atoms with Crippen molar-refractivity contribution in [3.8, 4) is 5.75 Å². The number of amides is 1. The molecule has 4 nitrogen and oxygen atoms in total. The molecule has 3 aromatic carbocycles. The average Bonchev–Trinajstić information content (AvgIpc) is 3.10. The Hall–Kier alpha value is -2.96. The maximum atomic E-state index is 12.3. The lowest BCUT2D eigenvalue weighted by Gasteiger charge is -2.05. The Labute approximate surface area is 186 Å². The third-order valence-corrected chi connectivity index (χ3v) is 5.95. The maximum Gasteiger partial charge on any atom is 0.343 e. The van der Waals surface area contributed by atoms with E-state index in [0.29, 0.717) is 21.3 Å². The molecule has 1 amide bonds. The highest BCUT2D eigenvalue weighted by atomic mass is 79.9. The second-order valence-electron chi connectivity index (χ2n) is 6.66. The number of aryl methyl sites for hydroxylation is 1. The summed E-state index contributed by atoms with van der Waals surface area (Å²) in [6.45, 7) is 2.02. The number of aliphatic imine (C=N–C) groups is 1. The van der Waals surface area contributed by atoms with E-state index < -0.39 is 5.97 Å². The van der Waals surface area contributed by atoms with Crippen LogP contribution in [0.15, 0.2) is 87.2 Å². The summed E-state index contributed by atoms with van der Waals surface area (Å²) in [4.78, 5) is 29.2. The molecule has 0 saturated heterocycles. The van der Waals surface area contributed by atoms with Crippen molar-refractivity contribution in [2.75, 3.05) is 0 Å². The van der Waals surface area contributed by atoms with Crippen molar-refractivity contribution < 1.29 is 14.3 Å². The Bertz CT molecular complexity index is 1160. The Morgan fingerprint density at radius 3 is 2.30 bits per heavy atom. The minimum absolute atomic E-state index is 0.249. The van der Waals surface area contributed by atoms with Crippen LogP contribution in [0.25, 0.3) is 6.08 Å². The van der Waals surface area contributed by atoms with Crippen molar-refractivity contribution in [3.63, 3.8) is 0 Å². The summed E-state index contributed by atoms with van der Waals surface area (Å²) in [7, 11) is 0. The molecule has 3 aromatic rings. The van der Waals surface area contributed by atoms with Gasteiger partial charge in [0.05, 0.1) is 10.5 Å². The van der Waals surface area contributed by atoms with Crippen LogP contribution in [0.5, 0.6) is 5.75 Å². The number of hydrogen-bond acceptors (Lipinski definition) is 4. The first-order valence-corrected chi connectivity index (χ1v) is 10.8. The summed E-state index contributed by atoms with van der Waals surface area (Å²) in [5.74, 6) is -0.236. The van der Waals surface area contributed by atoms with E-state index in [1.54, 1.807) is 54.6 Å². The van der Waals surface area contributed by atoms with Crippen molar-refractivity contribution in [2.24, 2.45) is 4.99 Å². The molecule has 0 saturated carbocycles. The van der Waals surface area contributed by atoms with Gasteiger partial charge in [0, 0.05) is 10.0 Å². The van der Waals surface area contributed by atoms with Gasteiger partial charge in [0.1, 0.15) is 10.8 Å². The number of carbonyl (C=O) groups is 2. The number of ether oxygens (including phenoxy) is 1. The molecule has 1 aliphatic rings. The van der Waals surface area contributed by atoms with Gasteiger partial charge >= 0.3 is 5.97 Å². The molecular weight excluding hydrogens is 462 g/mol. The zero-order valence-electron chi connectivity index (χ0n) is 16.0. The topological polar surface area (TPSA) is 55.7 Å². The third kappa shape index (κ3) is 4.78. The van der Waals surface area contributed by atoms with E-state index in [0.717, 1.165) is 21.2 Å². The smallest absolute Gasteiger partial charge is 0.343 e. The molecule has 1 heterocycles. The highest BCUT2D eigenvalue weighted by Crippen LogP contribution is 2.32. The van der Waals surface area contributed by atoms with E-state index in [4.69, 9.17) is 4.74 Å². The van der Waals surface area contributed by atoms with Crippen molar-refractivity contribution in [3.05, 3.63) is 104 Å². The van der Waals surface area contributed by atoms with E-state index in [-0.39, 0.29) is 5.91 Å². The van der Waals surface area contributed by atoms with Crippen LogP contribution in [0.2, 0.25) is 0 Å². The highest BCUT2D eigenvalue weighted by Gasteiger charge is 2.22. The molecule has 0 atom stereocenters. The lowest BCUT2D eigenvalue weighted by Crippen LogP contribution is -2.08. The quantitative estimate of drug-likeness (QED) is 0.261. The van der Waals surface area contributed by atoms with Gasteiger partial charge in [-0.2, -0.15) is 0 Å². The molecule has 0 radical (unpaired) electrons. The summed E-state index contributed by atoms with van der Waals surface area (Å²) >= 11 is 4.70. The van der Waals surface area contributed by atoms with E-state index in [2.05, 4.69) is 20.9 Å². The van der Waals surface area contributed by atoms with Crippen LogP contribution >= 0.6 is 27.7 Å². The molecule has 148 valence electrons. The minimum atomic E-state index is -0.425. The number of rotatable bonds is 4. The maximum absolute atomic E-state index is 12.3. The van der Waals surface area contributed by atoms with Gasteiger partial charge in [0.25, 0.3) is 5.91 Å². The van der Waals surface area contributed by atoms with Crippen molar-refractivity contribution in [2.45, 2.75) is 6.92 Å². The summed E-state index contributed by atoms with van der Waals surface area (Å²) in [5.41, 5.74) is 3.38. The van der Waals surface area contributed by atoms with E-state index in [1.165, 1.54) is 11.8 Å². The fourth-order valence-corrected chi connectivity index (χ4v) is 3.95. The minimum Gasteiger partial charge on any atom is -0.423 e. The first kappa shape index (κ1) is 20.3. The van der Waals surface area contributed by atoms with E-state index in [9.17, 15) is 9.59 Å². The molecule has 6 heteroatoms. The van der Waals surface area contributed by atoms with Crippen molar-refractivity contribution in [1.82, 2.24) is 0 Å². The second-order valence-corrected chi connectivity index (χ2v) is 8.61. The number of hydrogen-bond donors (Lipinski definition) is 0. The molecule has 0 aromatic heterocycles. The fraction of sp³-hybridized carbons (Fsp3) is 0.0417. The Morgan fingerprint density at radius 1 is 0.967 bits per heavy atom. The summed E-state index contributed by atoms with van der Waals surface area (Å²) < 4.78 is 6.29. The number of carbonyl (C=O) groups excluding carboxylic acids is 2. The molecule has 0 N–H and O–H groups in total. The van der Waals surface area contributed by atoms with Crippen LogP contribution in [0.4, 0.5) is 0 Å². The largest absolute Gasteiger partial charge is 0.423 e. The molecule has 4 rings (SSSR count). The Kier molecular flexibility index (Phi) is 5.97. The fourth-order valence-electron chi connectivity index (χ4n) is 2.76. The standard InChI is InChI=1S/C24H16BrNO3S/c1-15-2-6-17(7-3-15)23-26-22(27)21(30-23)14-16-4-12-20(13-5-16)29-24(28)18-8-10-19(25)11-9-18/h2-14H,1H3. The Balaban J connectivity index is 1.43. The van der Waals surface area contributed by atoms with Crippen LogP contribution in [0.3, 0.4) is 0 Å². The summed E-state index contributed by atoms with van der Waals surface area (Å²) in [6.07, 6.45) is 1.79. The van der Waals surface area contributed by atoms with Crippen LogP contribution in [-0.2, 0) is 4.79 Å².